The fourth-order valence-corrected chi connectivity index (χ4v) is 2.18. The van der Waals surface area contributed by atoms with Gasteiger partial charge in [0.25, 0.3) is 0 Å². The van der Waals surface area contributed by atoms with Crippen LogP contribution in [0.5, 0.6) is 0 Å². The molecule has 1 atom stereocenters. The molecule has 102 valence electrons. The van der Waals surface area contributed by atoms with Crippen LogP contribution in [0.1, 0.15) is 17.5 Å². The van der Waals surface area contributed by atoms with Crippen LogP contribution in [0.4, 0.5) is 4.39 Å². The summed E-state index contributed by atoms with van der Waals surface area (Å²) in [6, 6.07) is 11.7. The second-order valence-electron chi connectivity index (χ2n) is 4.58. The van der Waals surface area contributed by atoms with Crippen LogP contribution in [0, 0.1) is 5.82 Å². The normalized spacial score (nSPS) is 12.7. The van der Waals surface area contributed by atoms with Gasteiger partial charge < -0.3 is 4.42 Å². The number of rotatable bonds is 4. The number of hydrogen-bond acceptors (Lipinski definition) is 4. The fraction of sp³-hybridized carbons (Fsp3) is 0.133. The molecule has 3 aromatic rings. The third-order valence-corrected chi connectivity index (χ3v) is 3.18. The molecular weight excluding hydrogens is 257 g/mol. The van der Waals surface area contributed by atoms with E-state index in [0.29, 0.717) is 17.8 Å². The molecule has 4 nitrogen and oxygen atoms in total. The zero-order valence-electron chi connectivity index (χ0n) is 10.7. The van der Waals surface area contributed by atoms with Crippen LogP contribution in [0.2, 0.25) is 0 Å². The molecule has 0 spiro atoms. The van der Waals surface area contributed by atoms with Crippen molar-refractivity contribution in [3.8, 4) is 0 Å². The van der Waals surface area contributed by atoms with Crippen molar-refractivity contribution in [3.63, 3.8) is 0 Å². The van der Waals surface area contributed by atoms with E-state index in [0.717, 1.165) is 11.1 Å². The molecular formula is C15H14FN3O. The number of halogens is 1. The predicted octanol–water partition coefficient (Wildman–Crippen LogP) is 2.71. The van der Waals surface area contributed by atoms with Crippen molar-refractivity contribution in [2.75, 3.05) is 0 Å². The summed E-state index contributed by atoms with van der Waals surface area (Å²) in [7, 11) is 0. The average Bonchev–Trinajstić information content (AvgIpc) is 2.88. The van der Waals surface area contributed by atoms with Crippen molar-refractivity contribution < 1.29 is 8.81 Å². The highest BCUT2D eigenvalue weighted by molar-refractivity contribution is 5.78. The van der Waals surface area contributed by atoms with E-state index in [1.54, 1.807) is 18.3 Å². The standard InChI is InChI=1S/C15H14FN3O/c16-11-4-5-14-10(7-11)8-15(20-14)13(19-17)9-12-3-1-2-6-18-12/h1-8,13,19H,9,17H2. The summed E-state index contributed by atoms with van der Waals surface area (Å²) in [5.41, 5.74) is 4.26. The Morgan fingerprint density at radius 3 is 2.90 bits per heavy atom. The van der Waals surface area contributed by atoms with Crippen LogP contribution in [-0.2, 0) is 6.42 Å². The van der Waals surface area contributed by atoms with Gasteiger partial charge in [0.2, 0.25) is 0 Å². The summed E-state index contributed by atoms with van der Waals surface area (Å²) in [5.74, 6) is 5.97. The number of aromatic nitrogens is 1. The van der Waals surface area contributed by atoms with Gasteiger partial charge in [-0.1, -0.05) is 6.07 Å². The Labute approximate surface area is 115 Å². The van der Waals surface area contributed by atoms with E-state index in [1.807, 2.05) is 18.2 Å². The van der Waals surface area contributed by atoms with Crippen molar-refractivity contribution in [2.45, 2.75) is 12.5 Å². The average molecular weight is 271 g/mol. The van der Waals surface area contributed by atoms with Gasteiger partial charge in [-0.25, -0.2) is 9.82 Å². The quantitative estimate of drug-likeness (QED) is 0.565. The Balaban J connectivity index is 1.91. The molecule has 1 aromatic carbocycles. The highest BCUT2D eigenvalue weighted by Crippen LogP contribution is 2.26. The number of hydrazine groups is 1. The van der Waals surface area contributed by atoms with Crippen LogP contribution in [0.25, 0.3) is 11.0 Å². The van der Waals surface area contributed by atoms with Crippen molar-refractivity contribution >= 4 is 11.0 Å². The maximum absolute atomic E-state index is 13.2. The molecule has 0 aliphatic heterocycles. The third-order valence-electron chi connectivity index (χ3n) is 3.18. The number of nitrogens with zero attached hydrogens (tertiary/aromatic N) is 1. The van der Waals surface area contributed by atoms with E-state index in [1.165, 1.54) is 12.1 Å². The van der Waals surface area contributed by atoms with Gasteiger partial charge in [0.1, 0.15) is 17.2 Å². The minimum Gasteiger partial charge on any atom is -0.459 e. The van der Waals surface area contributed by atoms with E-state index < -0.39 is 0 Å². The van der Waals surface area contributed by atoms with E-state index in [2.05, 4.69) is 10.4 Å². The first kappa shape index (κ1) is 12.8. The molecule has 0 fully saturated rings. The first-order valence-electron chi connectivity index (χ1n) is 6.31. The summed E-state index contributed by atoms with van der Waals surface area (Å²) in [6.07, 6.45) is 2.33. The highest BCUT2D eigenvalue weighted by Gasteiger charge is 2.16. The second-order valence-corrected chi connectivity index (χ2v) is 4.58. The number of hydrogen-bond donors (Lipinski definition) is 2. The molecule has 0 radical (unpaired) electrons. The maximum Gasteiger partial charge on any atom is 0.134 e. The van der Waals surface area contributed by atoms with Gasteiger partial charge in [-0.05, 0) is 36.4 Å². The van der Waals surface area contributed by atoms with Gasteiger partial charge in [-0.15, -0.1) is 0 Å². The van der Waals surface area contributed by atoms with Gasteiger partial charge in [-0.2, -0.15) is 0 Å². The van der Waals surface area contributed by atoms with Gasteiger partial charge in [0, 0.05) is 23.7 Å². The smallest absolute Gasteiger partial charge is 0.134 e. The van der Waals surface area contributed by atoms with E-state index >= 15 is 0 Å². The van der Waals surface area contributed by atoms with Crippen LogP contribution >= 0.6 is 0 Å². The van der Waals surface area contributed by atoms with Crippen LogP contribution in [0.3, 0.4) is 0 Å². The lowest BCUT2D eigenvalue weighted by molar-refractivity contribution is 0.432. The monoisotopic (exact) mass is 271 g/mol. The lowest BCUT2D eigenvalue weighted by Gasteiger charge is -2.12. The number of pyridine rings is 1. The summed E-state index contributed by atoms with van der Waals surface area (Å²) >= 11 is 0. The molecule has 0 saturated heterocycles. The summed E-state index contributed by atoms with van der Waals surface area (Å²) in [5, 5.41) is 0.723. The van der Waals surface area contributed by atoms with Crippen molar-refractivity contribution in [1.82, 2.24) is 10.4 Å². The molecule has 0 saturated carbocycles. The zero-order valence-corrected chi connectivity index (χ0v) is 10.7. The Morgan fingerprint density at radius 2 is 2.15 bits per heavy atom. The zero-order chi connectivity index (χ0) is 13.9. The molecule has 2 heterocycles. The molecule has 3 N–H and O–H groups in total. The molecule has 0 amide bonds. The van der Waals surface area contributed by atoms with Crippen molar-refractivity contribution in [3.05, 3.63) is 65.9 Å². The van der Waals surface area contributed by atoms with Gasteiger partial charge in [0.05, 0.1) is 6.04 Å². The largest absolute Gasteiger partial charge is 0.459 e. The summed E-state index contributed by atoms with van der Waals surface area (Å²) < 4.78 is 18.9. The van der Waals surface area contributed by atoms with E-state index in [-0.39, 0.29) is 11.9 Å². The highest BCUT2D eigenvalue weighted by atomic mass is 19.1. The second kappa shape index (κ2) is 5.40. The molecule has 0 aliphatic carbocycles. The number of furan rings is 1. The molecule has 2 aromatic heterocycles. The number of nitrogens with two attached hydrogens (primary N) is 1. The topological polar surface area (TPSA) is 64.1 Å². The molecule has 0 bridgehead atoms. The van der Waals surface area contributed by atoms with Gasteiger partial charge in [-0.3, -0.25) is 10.8 Å². The SMILES string of the molecule is NNC(Cc1ccccn1)c1cc2cc(F)ccc2o1. The molecule has 1 unspecified atom stereocenters. The number of fused-ring (bicyclic) bond motifs is 1. The summed E-state index contributed by atoms with van der Waals surface area (Å²) in [6.45, 7) is 0. The predicted molar refractivity (Wildman–Crippen MR) is 74.2 cm³/mol. The Hall–Kier alpha value is -2.24. The van der Waals surface area contributed by atoms with Gasteiger partial charge in [0.15, 0.2) is 0 Å². The first-order valence-corrected chi connectivity index (χ1v) is 6.31. The minimum absolute atomic E-state index is 0.208. The first-order chi connectivity index (χ1) is 9.76. The van der Waals surface area contributed by atoms with Crippen LogP contribution in [-0.4, -0.2) is 4.98 Å². The molecule has 5 heteroatoms. The number of nitrogens with one attached hydrogen (secondary N) is 1. The van der Waals surface area contributed by atoms with Crippen molar-refractivity contribution in [2.24, 2.45) is 5.84 Å². The number of benzene rings is 1. The minimum atomic E-state index is -0.285. The Bertz CT molecular complexity index is 711. The lowest BCUT2D eigenvalue weighted by Crippen LogP contribution is -2.29. The Morgan fingerprint density at radius 1 is 1.25 bits per heavy atom. The van der Waals surface area contributed by atoms with E-state index in [4.69, 9.17) is 10.3 Å². The molecule has 3 rings (SSSR count). The third kappa shape index (κ3) is 2.54. The summed E-state index contributed by atoms with van der Waals surface area (Å²) in [4.78, 5) is 4.26. The van der Waals surface area contributed by atoms with Gasteiger partial charge >= 0.3 is 0 Å². The van der Waals surface area contributed by atoms with Crippen molar-refractivity contribution in [1.29, 1.82) is 0 Å². The van der Waals surface area contributed by atoms with Crippen LogP contribution < -0.4 is 11.3 Å². The van der Waals surface area contributed by atoms with Crippen LogP contribution in [0.15, 0.2) is 53.1 Å². The molecule has 20 heavy (non-hydrogen) atoms. The van der Waals surface area contributed by atoms with E-state index in [9.17, 15) is 4.39 Å². The Kier molecular flexibility index (Phi) is 3.45. The molecule has 0 aliphatic rings. The fourth-order valence-electron chi connectivity index (χ4n) is 2.18. The maximum atomic E-state index is 13.2. The lowest BCUT2D eigenvalue weighted by atomic mass is 10.1.